The maximum absolute atomic E-state index is 5.49. The highest BCUT2D eigenvalue weighted by Crippen LogP contribution is 2.82. The lowest BCUT2D eigenvalue weighted by atomic mass is 9.71. The lowest BCUT2D eigenvalue weighted by Gasteiger charge is -2.32. The van der Waals surface area contributed by atoms with Gasteiger partial charge in [-0.25, -0.2) is 0 Å². The summed E-state index contributed by atoms with van der Waals surface area (Å²) in [6, 6.07) is 0. The summed E-state index contributed by atoms with van der Waals surface area (Å²) in [5.41, 5.74) is 9.73. The third-order valence-corrected chi connectivity index (χ3v) is 7.65. The lowest BCUT2D eigenvalue weighted by Crippen LogP contribution is -2.30. The van der Waals surface area contributed by atoms with Crippen LogP contribution in [0, 0.1) is 47.3 Å². The van der Waals surface area contributed by atoms with Crippen LogP contribution >= 0.6 is 28.1 Å². The van der Waals surface area contributed by atoms with Crippen LogP contribution in [0.5, 0.6) is 0 Å². The average Bonchev–Trinajstić information content (AvgIpc) is 2.97. The zero-order valence-corrected chi connectivity index (χ0v) is 11.6. The highest BCUT2D eigenvalue weighted by molar-refractivity contribution is 9.09. The quantitative estimate of drug-likeness (QED) is 0.436. The fraction of sp³-hybridized carbons (Fsp3) is 0.833. The molecule has 17 heavy (non-hydrogen) atoms. The van der Waals surface area contributed by atoms with E-state index in [-0.39, 0.29) is 0 Å². The van der Waals surface area contributed by atoms with Gasteiger partial charge >= 0.3 is 0 Å². The smallest absolute Gasteiger partial charge is 0.184 e. The molecule has 6 bridgehead atoms. The minimum Gasteiger partial charge on any atom is -0.375 e. The number of nitrogens with one attached hydrogen (secondary N) is 1. The van der Waals surface area contributed by atoms with Crippen molar-refractivity contribution in [2.24, 2.45) is 58.2 Å². The van der Waals surface area contributed by atoms with Crippen molar-refractivity contribution in [3.63, 3.8) is 0 Å². The molecule has 0 radical (unpaired) electrons. The molecule has 9 atom stereocenters. The van der Waals surface area contributed by atoms with Crippen LogP contribution in [0.15, 0.2) is 5.10 Å². The van der Waals surface area contributed by atoms with E-state index in [0.29, 0.717) is 5.11 Å². The summed E-state index contributed by atoms with van der Waals surface area (Å²) >= 11 is 8.82. The minimum absolute atomic E-state index is 0.297. The van der Waals surface area contributed by atoms with Gasteiger partial charge < -0.3 is 5.73 Å². The maximum atomic E-state index is 5.49. The molecule has 0 heterocycles. The molecule has 3 N–H and O–H groups in total. The van der Waals surface area contributed by atoms with Gasteiger partial charge in [0.1, 0.15) is 0 Å². The van der Waals surface area contributed by atoms with Crippen molar-refractivity contribution in [1.29, 1.82) is 0 Å². The van der Waals surface area contributed by atoms with Crippen LogP contribution in [-0.2, 0) is 0 Å². The molecule has 0 amide bonds. The number of alkyl halides is 1. The summed E-state index contributed by atoms with van der Waals surface area (Å²) in [7, 11) is 0. The van der Waals surface area contributed by atoms with Crippen molar-refractivity contribution in [3.05, 3.63) is 0 Å². The largest absolute Gasteiger partial charge is 0.375 e. The summed E-state index contributed by atoms with van der Waals surface area (Å²) in [4.78, 5) is 0.764. The van der Waals surface area contributed by atoms with Gasteiger partial charge in [-0.1, -0.05) is 15.9 Å². The summed E-state index contributed by atoms with van der Waals surface area (Å²) in [5.74, 6) is 7.11. The van der Waals surface area contributed by atoms with E-state index in [1.54, 1.807) is 0 Å². The standard InChI is InChI=1S/C12H14BrN3S/c13-10-6-2-1-3-4(6)9-8(10)5(2)7(3)11(9)15-16-12(14)17/h2-10H,1H2,(H3,14,16,17)/t2-,3+,4+,5-,6-,7-,8-,9+,10+/m0/s1. The molecule has 0 aromatic rings. The number of hydrogen-bond donors (Lipinski definition) is 2. The molecule has 0 saturated heterocycles. The minimum atomic E-state index is 0.297. The molecule has 3 nitrogen and oxygen atoms in total. The van der Waals surface area contributed by atoms with Gasteiger partial charge in [0.15, 0.2) is 5.11 Å². The van der Waals surface area contributed by atoms with Gasteiger partial charge in [0.25, 0.3) is 0 Å². The maximum Gasteiger partial charge on any atom is 0.184 e. The van der Waals surface area contributed by atoms with E-state index in [4.69, 9.17) is 18.0 Å². The first-order valence-electron chi connectivity index (χ1n) is 6.47. The van der Waals surface area contributed by atoms with E-state index < -0.39 is 0 Å². The molecule has 6 aliphatic carbocycles. The Hall–Kier alpha value is -0.160. The topological polar surface area (TPSA) is 50.4 Å². The van der Waals surface area contributed by atoms with E-state index in [2.05, 4.69) is 26.5 Å². The molecule has 90 valence electrons. The van der Waals surface area contributed by atoms with E-state index in [1.165, 1.54) is 12.1 Å². The van der Waals surface area contributed by atoms with E-state index in [9.17, 15) is 0 Å². The first-order chi connectivity index (χ1) is 8.20. The Balaban J connectivity index is 1.62. The van der Waals surface area contributed by atoms with Crippen LogP contribution in [0.25, 0.3) is 0 Å². The van der Waals surface area contributed by atoms with Crippen molar-refractivity contribution in [3.8, 4) is 0 Å². The number of nitrogens with two attached hydrogens (primary N) is 1. The van der Waals surface area contributed by atoms with E-state index in [0.717, 1.165) is 52.2 Å². The highest BCUT2D eigenvalue weighted by atomic mass is 79.9. The van der Waals surface area contributed by atoms with Crippen LogP contribution < -0.4 is 11.2 Å². The van der Waals surface area contributed by atoms with Crippen molar-refractivity contribution >= 4 is 39.0 Å². The van der Waals surface area contributed by atoms with Gasteiger partial charge in [0.2, 0.25) is 0 Å². The predicted molar refractivity (Wildman–Crippen MR) is 72.6 cm³/mol. The third-order valence-electron chi connectivity index (χ3n) is 6.34. The molecule has 6 rings (SSSR count). The second kappa shape index (κ2) is 2.72. The van der Waals surface area contributed by atoms with Gasteiger partial charge in [-0.3, -0.25) is 5.43 Å². The Morgan fingerprint density at radius 3 is 2.71 bits per heavy atom. The van der Waals surface area contributed by atoms with Crippen LogP contribution in [-0.4, -0.2) is 15.7 Å². The molecule has 0 unspecified atom stereocenters. The van der Waals surface area contributed by atoms with Crippen molar-refractivity contribution in [2.75, 3.05) is 0 Å². The van der Waals surface area contributed by atoms with Crippen molar-refractivity contribution in [2.45, 2.75) is 11.2 Å². The lowest BCUT2D eigenvalue weighted by molar-refractivity contribution is 0.132. The summed E-state index contributed by atoms with van der Waals surface area (Å²) in [6.07, 6.45) is 1.46. The Morgan fingerprint density at radius 2 is 2.00 bits per heavy atom. The predicted octanol–water partition coefficient (Wildman–Crippen LogP) is 1.33. The molecular formula is C12H14BrN3S. The Morgan fingerprint density at radius 1 is 1.24 bits per heavy atom. The number of hydrazone groups is 1. The second-order valence-corrected chi connectivity index (χ2v) is 7.88. The van der Waals surface area contributed by atoms with E-state index >= 15 is 0 Å². The zero-order chi connectivity index (χ0) is 11.5. The average molecular weight is 312 g/mol. The van der Waals surface area contributed by atoms with Gasteiger partial charge in [-0.2, -0.15) is 5.10 Å². The summed E-state index contributed by atoms with van der Waals surface area (Å²) < 4.78 is 0. The Kier molecular flexibility index (Phi) is 1.55. The summed E-state index contributed by atoms with van der Waals surface area (Å²) in [5, 5.41) is 4.85. The molecule has 6 fully saturated rings. The molecule has 0 aromatic heterocycles. The molecule has 0 aromatic carbocycles. The molecular weight excluding hydrogens is 298 g/mol. The normalized spacial score (nSPS) is 65.7. The summed E-state index contributed by atoms with van der Waals surface area (Å²) in [6.45, 7) is 0. The number of rotatable bonds is 1. The van der Waals surface area contributed by atoms with Gasteiger partial charge in [0, 0.05) is 22.4 Å². The zero-order valence-electron chi connectivity index (χ0n) is 9.21. The number of halogens is 1. The molecule has 0 aliphatic heterocycles. The first-order valence-corrected chi connectivity index (χ1v) is 7.79. The molecule has 0 spiro atoms. The number of hydrogen-bond acceptors (Lipinski definition) is 2. The van der Waals surface area contributed by atoms with E-state index in [1.807, 2.05) is 0 Å². The fourth-order valence-corrected chi connectivity index (χ4v) is 7.97. The second-order valence-electron chi connectivity index (χ2n) is 6.38. The monoisotopic (exact) mass is 311 g/mol. The van der Waals surface area contributed by atoms with Gasteiger partial charge in [-0.05, 0) is 54.1 Å². The van der Waals surface area contributed by atoms with Gasteiger partial charge in [0.05, 0.1) is 0 Å². The fourth-order valence-electron chi connectivity index (χ4n) is 6.49. The number of nitrogens with zero attached hydrogens (tertiary/aromatic N) is 1. The highest BCUT2D eigenvalue weighted by Gasteiger charge is 2.82. The van der Waals surface area contributed by atoms with Crippen LogP contribution in [0.1, 0.15) is 6.42 Å². The SMILES string of the molecule is NC(=S)NN=C1[C@H]2[C@@H]3C[C@@H]4[C@@H]5[C@@H](Br)[C@H]([C@H]1[C@H]35)[C@@H]42. The Bertz CT molecular complexity index is 476. The van der Waals surface area contributed by atoms with Gasteiger partial charge in [-0.15, -0.1) is 0 Å². The molecule has 6 aliphatic rings. The van der Waals surface area contributed by atoms with Crippen LogP contribution in [0.4, 0.5) is 0 Å². The van der Waals surface area contributed by atoms with Crippen LogP contribution in [0.2, 0.25) is 0 Å². The third kappa shape index (κ3) is 0.820. The first kappa shape index (κ1) is 9.73. The Labute approximate surface area is 114 Å². The molecule has 6 saturated carbocycles. The van der Waals surface area contributed by atoms with Crippen LogP contribution in [0.3, 0.4) is 0 Å². The van der Waals surface area contributed by atoms with Crippen molar-refractivity contribution < 1.29 is 0 Å². The number of thiocarbonyl (C=S) groups is 1. The molecule has 5 heteroatoms. The van der Waals surface area contributed by atoms with Crippen molar-refractivity contribution in [1.82, 2.24) is 5.43 Å².